The van der Waals surface area contributed by atoms with E-state index in [1.807, 2.05) is 0 Å². The Hall–Kier alpha value is -2.44. The van der Waals surface area contributed by atoms with Gasteiger partial charge in [0.1, 0.15) is 11.6 Å². The minimum Gasteiger partial charge on any atom is -0.378 e. The first-order chi connectivity index (χ1) is 20.2. The van der Waals surface area contributed by atoms with Gasteiger partial charge in [0.25, 0.3) is 0 Å². The maximum Gasteiger partial charge on any atom is 0.241 e. The average Bonchev–Trinajstić information content (AvgIpc) is 3.09. The Morgan fingerprint density at radius 3 is 2.74 bits per heavy atom. The third-order valence-electron chi connectivity index (χ3n) is 9.18. The number of nitrogens with two attached hydrogens (primary N) is 1. The fourth-order valence-corrected chi connectivity index (χ4v) is 8.65. The minimum absolute atomic E-state index is 0.0556. The van der Waals surface area contributed by atoms with Crippen LogP contribution < -0.4 is 16.4 Å². The molecule has 42 heavy (non-hydrogen) atoms. The number of ether oxygens (including phenoxy) is 1. The van der Waals surface area contributed by atoms with E-state index < -0.39 is 27.8 Å². The lowest BCUT2D eigenvalue weighted by Gasteiger charge is -2.38. The molecule has 2 aromatic rings. The lowest BCUT2D eigenvalue weighted by Crippen LogP contribution is -2.57. The van der Waals surface area contributed by atoms with E-state index in [9.17, 15) is 17.6 Å². The summed E-state index contributed by atoms with van der Waals surface area (Å²) in [5.41, 5.74) is 8.08. The largest absolute Gasteiger partial charge is 0.378 e. The molecule has 11 heteroatoms. The Balaban J connectivity index is 1.33. The van der Waals surface area contributed by atoms with Gasteiger partial charge in [-0.2, -0.15) is 4.31 Å². The molecule has 4 N–H and O–H groups in total. The molecule has 3 aliphatic rings. The Kier molecular flexibility index (Phi) is 9.94. The third kappa shape index (κ3) is 7.02. The molecule has 1 amide bonds. The highest BCUT2D eigenvalue weighted by atomic mass is 32.2. The van der Waals surface area contributed by atoms with Gasteiger partial charge in [-0.15, -0.1) is 0 Å². The van der Waals surface area contributed by atoms with Gasteiger partial charge in [0.15, 0.2) is 0 Å². The molecule has 2 aromatic carbocycles. The molecule has 5 rings (SSSR count). The van der Waals surface area contributed by atoms with Crippen LogP contribution in [0.2, 0.25) is 0 Å². The number of sulfonamides is 1. The maximum atomic E-state index is 15.2. The topological polar surface area (TPSA) is 114 Å². The maximum absolute atomic E-state index is 15.2. The van der Waals surface area contributed by atoms with Crippen LogP contribution in [0.1, 0.15) is 62.5 Å². The van der Waals surface area contributed by atoms with E-state index in [4.69, 9.17) is 10.5 Å². The highest BCUT2D eigenvalue weighted by Gasteiger charge is 2.39. The van der Waals surface area contributed by atoms with Crippen molar-refractivity contribution in [2.75, 3.05) is 30.8 Å². The summed E-state index contributed by atoms with van der Waals surface area (Å²) in [4.78, 5) is 13.7. The molecule has 1 unspecified atom stereocenters. The lowest BCUT2D eigenvalue weighted by molar-refractivity contribution is -0.118. The van der Waals surface area contributed by atoms with Gasteiger partial charge in [-0.1, -0.05) is 25.1 Å². The Morgan fingerprint density at radius 2 is 1.98 bits per heavy atom. The number of hydrogen-bond donors (Lipinski definition) is 3. The van der Waals surface area contributed by atoms with Crippen LogP contribution in [0.3, 0.4) is 0 Å². The van der Waals surface area contributed by atoms with Gasteiger partial charge >= 0.3 is 0 Å². The van der Waals surface area contributed by atoms with E-state index in [0.29, 0.717) is 43.8 Å². The molecule has 3 saturated heterocycles. The second kappa shape index (κ2) is 13.5. The summed E-state index contributed by atoms with van der Waals surface area (Å²) in [5, 5.41) is 6.32. The summed E-state index contributed by atoms with van der Waals surface area (Å²) in [6, 6.07) is 9.52. The third-order valence-corrected chi connectivity index (χ3v) is 11.1. The number of carbonyl (C=O) groups excluding carboxylic acids is 1. The number of nitrogens with one attached hydrogen (secondary N) is 2. The van der Waals surface area contributed by atoms with Crippen LogP contribution in [-0.4, -0.2) is 68.3 Å². The fraction of sp³-hybridized carbons (Fsp3) is 0.581. The van der Waals surface area contributed by atoms with Crippen LogP contribution in [-0.2, 0) is 26.0 Å². The average molecular weight is 605 g/mol. The van der Waals surface area contributed by atoms with Gasteiger partial charge in [-0.3, -0.25) is 4.79 Å². The quantitative estimate of drug-likeness (QED) is 0.400. The van der Waals surface area contributed by atoms with E-state index in [0.717, 1.165) is 31.2 Å². The van der Waals surface area contributed by atoms with Crippen molar-refractivity contribution < 1.29 is 26.7 Å². The van der Waals surface area contributed by atoms with Crippen molar-refractivity contribution in [2.45, 2.75) is 82.0 Å². The monoisotopic (exact) mass is 604 g/mol. The second-order valence-corrected chi connectivity index (χ2v) is 13.9. The van der Waals surface area contributed by atoms with Gasteiger partial charge in [0.2, 0.25) is 15.9 Å². The first-order valence-electron chi connectivity index (χ1n) is 15.1. The summed E-state index contributed by atoms with van der Waals surface area (Å²) in [6.07, 6.45) is 4.47. The SMILES string of the molecule is CC[C@H]1C[C@@H]([C@H](c2ccc(F)cc2)[C@H](N)C(=O)Nc2cccc(F)c2CC[C@H]2CN[C@@H]3CCCS(=O)(=O)N2C3)CCO1. The van der Waals surface area contributed by atoms with Gasteiger partial charge in [0.05, 0.1) is 17.9 Å². The number of halogens is 2. The molecular formula is C31H42F2N4O4S. The summed E-state index contributed by atoms with van der Waals surface area (Å²) in [6.45, 7) is 3.56. The highest BCUT2D eigenvalue weighted by molar-refractivity contribution is 7.89. The van der Waals surface area contributed by atoms with Crippen LogP contribution in [0, 0.1) is 17.6 Å². The molecule has 0 radical (unpaired) electrons. The number of nitrogens with zero attached hydrogens (tertiary/aromatic N) is 1. The van der Waals surface area contributed by atoms with Crippen LogP contribution in [0.15, 0.2) is 42.5 Å². The van der Waals surface area contributed by atoms with E-state index in [1.165, 1.54) is 24.3 Å². The van der Waals surface area contributed by atoms with Crippen molar-refractivity contribution >= 4 is 21.6 Å². The molecule has 7 atom stereocenters. The molecule has 0 aliphatic carbocycles. The Labute approximate surface area is 247 Å². The van der Waals surface area contributed by atoms with Gasteiger partial charge in [-0.05, 0) is 80.7 Å². The summed E-state index contributed by atoms with van der Waals surface area (Å²) in [5.74, 6) is -1.48. The predicted octanol–water partition coefficient (Wildman–Crippen LogP) is 3.92. The molecular weight excluding hydrogens is 562 g/mol. The van der Waals surface area contributed by atoms with E-state index in [2.05, 4.69) is 17.6 Å². The first-order valence-corrected chi connectivity index (χ1v) is 16.7. The van der Waals surface area contributed by atoms with Crippen molar-refractivity contribution in [1.29, 1.82) is 0 Å². The van der Waals surface area contributed by atoms with Crippen LogP contribution in [0.4, 0.5) is 14.5 Å². The number of piperazine rings is 1. The second-order valence-electron chi connectivity index (χ2n) is 11.9. The number of benzene rings is 2. The normalized spacial score (nSPS) is 28.8. The van der Waals surface area contributed by atoms with E-state index in [-0.39, 0.29) is 48.0 Å². The molecule has 230 valence electrons. The molecule has 2 bridgehead atoms. The number of anilines is 1. The van der Waals surface area contributed by atoms with Crippen molar-refractivity contribution in [3.8, 4) is 0 Å². The van der Waals surface area contributed by atoms with Crippen molar-refractivity contribution in [3.63, 3.8) is 0 Å². The van der Waals surface area contributed by atoms with E-state index >= 15 is 4.39 Å². The minimum atomic E-state index is -3.37. The lowest BCUT2D eigenvalue weighted by atomic mass is 9.75. The molecule has 0 aromatic heterocycles. The number of rotatable bonds is 9. The number of fused-ring (bicyclic) bond motifs is 2. The molecule has 0 saturated carbocycles. The van der Waals surface area contributed by atoms with Gasteiger partial charge in [-0.25, -0.2) is 17.2 Å². The molecule has 3 aliphatic heterocycles. The highest BCUT2D eigenvalue weighted by Crippen LogP contribution is 2.37. The smallest absolute Gasteiger partial charge is 0.241 e. The Bertz CT molecular complexity index is 1340. The van der Waals surface area contributed by atoms with Crippen LogP contribution in [0.25, 0.3) is 0 Å². The summed E-state index contributed by atoms with van der Waals surface area (Å²) in [7, 11) is -3.37. The zero-order chi connectivity index (χ0) is 29.9. The summed E-state index contributed by atoms with van der Waals surface area (Å²) < 4.78 is 62.2. The van der Waals surface area contributed by atoms with Crippen molar-refractivity contribution in [3.05, 3.63) is 65.2 Å². The van der Waals surface area contributed by atoms with Crippen LogP contribution >= 0.6 is 0 Å². The van der Waals surface area contributed by atoms with E-state index in [1.54, 1.807) is 22.5 Å². The van der Waals surface area contributed by atoms with Crippen molar-refractivity contribution in [1.82, 2.24) is 9.62 Å². The van der Waals surface area contributed by atoms with Gasteiger partial charge < -0.3 is 21.1 Å². The Morgan fingerprint density at radius 1 is 1.19 bits per heavy atom. The zero-order valence-corrected chi connectivity index (χ0v) is 24.9. The fourth-order valence-electron chi connectivity index (χ4n) is 6.84. The number of amides is 1. The first kappa shape index (κ1) is 31.0. The standard InChI is InChI=1S/C31H42F2N4O4S/c1-2-25-17-21(14-15-41-25)29(20-8-10-22(32)11-9-20)30(34)31(38)36-28-7-3-6-27(33)26(28)13-12-24-18-35-23-5-4-16-42(39,40)37(24)19-23/h3,6-11,21,23-25,29-30,35H,2,4-5,12-19,34H2,1H3,(H,36,38)/t21-,23+,24-,25-,29-,30-/m0/s1. The molecule has 0 spiro atoms. The molecule has 8 nitrogen and oxygen atoms in total. The summed E-state index contributed by atoms with van der Waals surface area (Å²) >= 11 is 0. The molecule has 3 fully saturated rings. The zero-order valence-electron chi connectivity index (χ0n) is 24.1. The van der Waals surface area contributed by atoms with Crippen LogP contribution in [0.5, 0.6) is 0 Å². The van der Waals surface area contributed by atoms with Crippen molar-refractivity contribution in [2.24, 2.45) is 11.7 Å². The molecule has 3 heterocycles. The van der Waals surface area contributed by atoms with Gasteiger partial charge in [0, 0.05) is 48.9 Å². The number of carbonyl (C=O) groups is 1. The predicted molar refractivity (Wildman–Crippen MR) is 159 cm³/mol. The number of hydrogen-bond acceptors (Lipinski definition) is 6.